The van der Waals surface area contributed by atoms with Crippen LogP contribution < -0.4 is 0 Å². The molecule has 5 heteroatoms. The molecule has 0 rings (SSSR count). The van der Waals surface area contributed by atoms with Crippen molar-refractivity contribution < 1.29 is 18.3 Å². The summed E-state index contributed by atoms with van der Waals surface area (Å²) in [6.07, 6.45) is 2.66. The number of carboxylic acids is 1. The van der Waals surface area contributed by atoms with E-state index >= 15 is 0 Å². The molecule has 0 saturated heterocycles. The predicted octanol–water partition coefficient (Wildman–Crippen LogP) is 0.922. The van der Waals surface area contributed by atoms with Gasteiger partial charge in [-0.1, -0.05) is 13.3 Å². The molecule has 0 fully saturated rings. The number of hydrogen-bond donors (Lipinski definition) is 1. The molecule has 0 aromatic carbocycles. The highest BCUT2D eigenvalue weighted by molar-refractivity contribution is 7.90. The fourth-order valence-electron chi connectivity index (χ4n) is 1.10. The lowest BCUT2D eigenvalue weighted by atomic mass is 10.0. The Kier molecular flexibility index (Phi) is 4.98. The van der Waals surface area contributed by atoms with Gasteiger partial charge in [0, 0.05) is 6.26 Å². The monoisotopic (exact) mass is 208 g/mol. The Hall–Kier alpha value is -0.580. The first-order valence-electron chi connectivity index (χ1n) is 4.27. The summed E-state index contributed by atoms with van der Waals surface area (Å²) >= 11 is 0. The maximum absolute atomic E-state index is 10.8. The third kappa shape index (κ3) is 6.57. The summed E-state index contributed by atoms with van der Waals surface area (Å²) in [7, 11) is -3.03. The van der Waals surface area contributed by atoms with Crippen molar-refractivity contribution in [3.8, 4) is 0 Å². The fourth-order valence-corrected chi connectivity index (χ4v) is 1.81. The van der Waals surface area contributed by atoms with Crippen LogP contribution >= 0.6 is 0 Å². The van der Waals surface area contributed by atoms with Crippen LogP contribution in [0.15, 0.2) is 0 Å². The fraction of sp³-hybridized carbons (Fsp3) is 0.875. The van der Waals surface area contributed by atoms with Crippen molar-refractivity contribution in [3.63, 3.8) is 0 Å². The van der Waals surface area contributed by atoms with Crippen LogP contribution in [0.2, 0.25) is 0 Å². The Labute approximate surface area is 78.9 Å². The Bertz CT molecular complexity index is 255. The van der Waals surface area contributed by atoms with Crippen LogP contribution in [0.5, 0.6) is 0 Å². The van der Waals surface area contributed by atoms with Gasteiger partial charge in [-0.15, -0.1) is 0 Å². The third-order valence-electron chi connectivity index (χ3n) is 1.82. The normalized spacial score (nSPS) is 14.0. The quantitative estimate of drug-likeness (QED) is 0.704. The van der Waals surface area contributed by atoms with E-state index in [1.54, 1.807) is 0 Å². The van der Waals surface area contributed by atoms with Crippen LogP contribution in [0, 0.1) is 5.92 Å². The summed E-state index contributed by atoms with van der Waals surface area (Å²) in [5.74, 6) is -1.45. The van der Waals surface area contributed by atoms with Gasteiger partial charge in [-0.3, -0.25) is 4.79 Å². The Morgan fingerprint density at radius 2 is 1.92 bits per heavy atom. The molecular formula is C8H16O4S. The third-order valence-corrected chi connectivity index (χ3v) is 2.80. The van der Waals surface area contributed by atoms with Crippen LogP contribution in [0.25, 0.3) is 0 Å². The lowest BCUT2D eigenvalue weighted by Crippen LogP contribution is -2.17. The van der Waals surface area contributed by atoms with E-state index in [0.29, 0.717) is 6.42 Å². The van der Waals surface area contributed by atoms with Crippen LogP contribution in [0.4, 0.5) is 0 Å². The lowest BCUT2D eigenvalue weighted by molar-refractivity contribution is -0.142. The molecule has 0 aliphatic rings. The van der Waals surface area contributed by atoms with Crippen LogP contribution in [-0.4, -0.2) is 31.5 Å². The lowest BCUT2D eigenvalue weighted by Gasteiger charge is -2.09. The van der Waals surface area contributed by atoms with Crippen molar-refractivity contribution in [2.24, 2.45) is 5.92 Å². The second-order valence-corrected chi connectivity index (χ2v) is 5.50. The average Bonchev–Trinajstić information content (AvgIpc) is 1.95. The second-order valence-electron chi connectivity index (χ2n) is 3.24. The first kappa shape index (κ1) is 12.4. The number of hydrogen-bond acceptors (Lipinski definition) is 3. The highest BCUT2D eigenvalue weighted by atomic mass is 32.2. The summed E-state index contributed by atoms with van der Waals surface area (Å²) in [5.41, 5.74) is 0. The molecule has 0 amide bonds. The van der Waals surface area contributed by atoms with Gasteiger partial charge < -0.3 is 5.11 Å². The summed E-state index contributed by atoms with van der Waals surface area (Å²) in [4.78, 5) is 10.6. The molecule has 0 aliphatic heterocycles. The molecule has 13 heavy (non-hydrogen) atoms. The smallest absolute Gasteiger partial charge is 0.306 e. The number of carboxylic acid groups (broad SMARTS) is 1. The van der Waals surface area contributed by atoms with Gasteiger partial charge in [0.15, 0.2) is 0 Å². The van der Waals surface area contributed by atoms with Gasteiger partial charge in [0.2, 0.25) is 0 Å². The van der Waals surface area contributed by atoms with E-state index < -0.39 is 21.7 Å². The van der Waals surface area contributed by atoms with Crippen molar-refractivity contribution in [1.82, 2.24) is 0 Å². The van der Waals surface area contributed by atoms with Gasteiger partial charge in [-0.05, 0) is 12.8 Å². The van der Waals surface area contributed by atoms with Gasteiger partial charge in [0.25, 0.3) is 0 Å². The minimum atomic E-state index is -3.03. The van der Waals surface area contributed by atoms with Crippen molar-refractivity contribution in [2.75, 3.05) is 12.0 Å². The van der Waals surface area contributed by atoms with Crippen LogP contribution in [-0.2, 0) is 14.6 Å². The van der Waals surface area contributed by atoms with E-state index in [2.05, 4.69) is 0 Å². The standard InChI is InChI=1S/C8H16O4S/c1-3-4-7(8(9)10)5-6-13(2,11)12/h7H,3-6H2,1-2H3,(H,9,10). The first-order valence-corrected chi connectivity index (χ1v) is 6.33. The molecule has 1 N–H and O–H groups in total. The van der Waals surface area contributed by atoms with E-state index in [0.717, 1.165) is 12.7 Å². The molecule has 0 spiro atoms. The molecular weight excluding hydrogens is 192 g/mol. The minimum Gasteiger partial charge on any atom is -0.481 e. The zero-order valence-electron chi connectivity index (χ0n) is 7.99. The summed E-state index contributed by atoms with van der Waals surface area (Å²) in [6, 6.07) is 0. The largest absolute Gasteiger partial charge is 0.481 e. The molecule has 78 valence electrons. The van der Waals surface area contributed by atoms with Crippen LogP contribution in [0.1, 0.15) is 26.2 Å². The minimum absolute atomic E-state index is 0.0377. The number of aliphatic carboxylic acids is 1. The summed E-state index contributed by atoms with van der Waals surface area (Å²) in [6.45, 7) is 1.89. The molecule has 0 aromatic rings. The number of sulfone groups is 1. The number of rotatable bonds is 6. The highest BCUT2D eigenvalue weighted by Gasteiger charge is 2.18. The van der Waals surface area contributed by atoms with Gasteiger partial charge in [-0.2, -0.15) is 0 Å². The van der Waals surface area contributed by atoms with Gasteiger partial charge >= 0.3 is 5.97 Å². The van der Waals surface area contributed by atoms with E-state index in [1.807, 2.05) is 6.92 Å². The van der Waals surface area contributed by atoms with Gasteiger partial charge in [0.1, 0.15) is 9.84 Å². The second kappa shape index (κ2) is 5.21. The molecule has 0 aliphatic carbocycles. The van der Waals surface area contributed by atoms with E-state index in [4.69, 9.17) is 5.11 Å². The Morgan fingerprint density at radius 3 is 2.23 bits per heavy atom. The maximum atomic E-state index is 10.8. The van der Waals surface area contributed by atoms with Gasteiger partial charge in [0.05, 0.1) is 11.7 Å². The number of carbonyl (C=O) groups is 1. The van der Waals surface area contributed by atoms with Crippen molar-refractivity contribution in [3.05, 3.63) is 0 Å². The van der Waals surface area contributed by atoms with E-state index in [1.165, 1.54) is 0 Å². The highest BCUT2D eigenvalue weighted by Crippen LogP contribution is 2.12. The molecule has 0 bridgehead atoms. The van der Waals surface area contributed by atoms with E-state index in [9.17, 15) is 13.2 Å². The molecule has 1 unspecified atom stereocenters. The van der Waals surface area contributed by atoms with Crippen molar-refractivity contribution in [2.45, 2.75) is 26.2 Å². The zero-order valence-corrected chi connectivity index (χ0v) is 8.80. The SMILES string of the molecule is CCCC(CCS(C)(=O)=O)C(=O)O. The molecule has 0 saturated carbocycles. The Balaban J connectivity index is 4.05. The van der Waals surface area contributed by atoms with E-state index in [-0.39, 0.29) is 12.2 Å². The molecule has 4 nitrogen and oxygen atoms in total. The van der Waals surface area contributed by atoms with Crippen molar-refractivity contribution in [1.29, 1.82) is 0 Å². The molecule has 0 heterocycles. The van der Waals surface area contributed by atoms with Gasteiger partial charge in [-0.25, -0.2) is 8.42 Å². The predicted molar refractivity (Wildman–Crippen MR) is 50.4 cm³/mol. The summed E-state index contributed by atoms with van der Waals surface area (Å²) < 4.78 is 21.5. The maximum Gasteiger partial charge on any atom is 0.306 e. The summed E-state index contributed by atoms with van der Waals surface area (Å²) in [5, 5.41) is 8.71. The zero-order chi connectivity index (χ0) is 10.5. The first-order chi connectivity index (χ1) is 5.87. The topological polar surface area (TPSA) is 71.4 Å². The van der Waals surface area contributed by atoms with Crippen LogP contribution in [0.3, 0.4) is 0 Å². The average molecular weight is 208 g/mol. The molecule has 0 radical (unpaired) electrons. The van der Waals surface area contributed by atoms with Crippen molar-refractivity contribution >= 4 is 15.8 Å². The Morgan fingerprint density at radius 1 is 1.38 bits per heavy atom. The molecule has 1 atom stereocenters. The molecule has 0 aromatic heterocycles.